The maximum Gasteiger partial charge on any atom is 0.224 e. The minimum atomic E-state index is -0.230. The highest BCUT2D eigenvalue weighted by Crippen LogP contribution is 2.18. The third-order valence-electron chi connectivity index (χ3n) is 3.06. The zero-order valence-corrected chi connectivity index (χ0v) is 13.8. The van der Waals surface area contributed by atoms with Crippen LogP contribution in [0.4, 0.5) is 11.4 Å². The first kappa shape index (κ1) is 16.9. The lowest BCUT2D eigenvalue weighted by Crippen LogP contribution is -2.13. The first-order chi connectivity index (χ1) is 10.9. The van der Waals surface area contributed by atoms with Gasteiger partial charge >= 0.3 is 0 Å². The molecule has 0 aliphatic heterocycles. The van der Waals surface area contributed by atoms with Gasteiger partial charge in [0.25, 0.3) is 0 Å². The number of rotatable bonds is 6. The van der Waals surface area contributed by atoms with E-state index >= 15 is 0 Å². The largest absolute Gasteiger partial charge is 0.326 e. The number of Topliss-reactive ketones (excluding diaryl/α,β-unsaturated/α-hetero) is 1. The van der Waals surface area contributed by atoms with Crippen LogP contribution in [-0.2, 0) is 9.59 Å². The molecule has 120 valence electrons. The Morgan fingerprint density at radius 1 is 1.00 bits per heavy atom. The highest BCUT2D eigenvalue weighted by molar-refractivity contribution is 7.14. The van der Waals surface area contributed by atoms with E-state index in [-0.39, 0.29) is 30.4 Å². The Balaban J connectivity index is 1.87. The molecule has 0 saturated carbocycles. The molecule has 0 saturated heterocycles. The van der Waals surface area contributed by atoms with E-state index in [9.17, 15) is 14.4 Å². The van der Waals surface area contributed by atoms with Gasteiger partial charge in [-0.2, -0.15) is 0 Å². The SMILES string of the molecule is CC(=O)Nc1cccc(NC(=O)CCC(=O)c2ccc(C)s2)c1. The molecule has 0 radical (unpaired) electrons. The van der Waals surface area contributed by atoms with E-state index in [0.717, 1.165) is 4.88 Å². The molecule has 0 bridgehead atoms. The second-order valence-electron chi connectivity index (χ2n) is 5.14. The smallest absolute Gasteiger partial charge is 0.224 e. The van der Waals surface area contributed by atoms with Crippen LogP contribution in [0.1, 0.15) is 34.3 Å². The van der Waals surface area contributed by atoms with Crippen LogP contribution in [0.2, 0.25) is 0 Å². The molecule has 0 aliphatic carbocycles. The lowest BCUT2D eigenvalue weighted by molar-refractivity contribution is -0.116. The Hall–Kier alpha value is -2.47. The fourth-order valence-electron chi connectivity index (χ4n) is 2.04. The van der Waals surface area contributed by atoms with E-state index in [1.54, 1.807) is 30.3 Å². The van der Waals surface area contributed by atoms with Gasteiger partial charge in [-0.1, -0.05) is 6.07 Å². The van der Waals surface area contributed by atoms with E-state index in [4.69, 9.17) is 0 Å². The Morgan fingerprint density at radius 3 is 2.30 bits per heavy atom. The number of aryl methyl sites for hydroxylation is 1. The number of hydrogen-bond acceptors (Lipinski definition) is 4. The van der Waals surface area contributed by atoms with E-state index in [1.165, 1.54) is 18.3 Å². The van der Waals surface area contributed by atoms with Crippen LogP contribution in [0.3, 0.4) is 0 Å². The van der Waals surface area contributed by atoms with Crippen LogP contribution in [0, 0.1) is 6.92 Å². The first-order valence-electron chi connectivity index (χ1n) is 7.21. The maximum atomic E-state index is 12.0. The Bertz CT molecular complexity index is 737. The van der Waals surface area contributed by atoms with Gasteiger partial charge in [0.2, 0.25) is 11.8 Å². The van der Waals surface area contributed by atoms with Gasteiger partial charge in [-0.15, -0.1) is 11.3 Å². The molecule has 0 unspecified atom stereocenters. The number of hydrogen-bond donors (Lipinski definition) is 2. The molecule has 23 heavy (non-hydrogen) atoms. The molecule has 2 aromatic rings. The maximum absolute atomic E-state index is 12.0. The predicted molar refractivity (Wildman–Crippen MR) is 92.0 cm³/mol. The standard InChI is InChI=1S/C17H18N2O3S/c1-11-6-8-16(23-11)15(21)7-9-17(22)19-14-5-3-4-13(10-14)18-12(2)20/h3-6,8,10H,7,9H2,1-2H3,(H,18,20)(H,19,22). The Morgan fingerprint density at radius 2 is 1.70 bits per heavy atom. The third-order valence-corrected chi connectivity index (χ3v) is 4.10. The summed E-state index contributed by atoms with van der Waals surface area (Å²) < 4.78 is 0. The number of thiophene rings is 1. The molecule has 5 nitrogen and oxygen atoms in total. The summed E-state index contributed by atoms with van der Waals surface area (Å²) in [7, 11) is 0. The third kappa shape index (κ3) is 5.34. The zero-order chi connectivity index (χ0) is 16.8. The van der Waals surface area contributed by atoms with Gasteiger partial charge in [0, 0.05) is 36.0 Å². The summed E-state index contributed by atoms with van der Waals surface area (Å²) in [5.74, 6) is -0.429. The minimum Gasteiger partial charge on any atom is -0.326 e. The summed E-state index contributed by atoms with van der Waals surface area (Å²) >= 11 is 1.44. The van der Waals surface area contributed by atoms with E-state index < -0.39 is 0 Å². The number of amides is 2. The van der Waals surface area contributed by atoms with Gasteiger partial charge in [0.05, 0.1) is 4.88 Å². The van der Waals surface area contributed by atoms with Crippen LogP contribution < -0.4 is 10.6 Å². The molecule has 2 amide bonds. The molecule has 1 aromatic carbocycles. The van der Waals surface area contributed by atoms with Crippen molar-refractivity contribution in [2.24, 2.45) is 0 Å². The molecule has 0 fully saturated rings. The van der Waals surface area contributed by atoms with Crippen molar-refractivity contribution in [3.05, 3.63) is 46.2 Å². The van der Waals surface area contributed by atoms with Gasteiger partial charge in [-0.05, 0) is 37.3 Å². The molecular weight excluding hydrogens is 312 g/mol. The number of carbonyl (C=O) groups excluding carboxylic acids is 3. The average molecular weight is 330 g/mol. The van der Waals surface area contributed by atoms with Crippen molar-refractivity contribution in [3.8, 4) is 0 Å². The van der Waals surface area contributed by atoms with Crippen LogP contribution in [0.25, 0.3) is 0 Å². The lowest BCUT2D eigenvalue weighted by Gasteiger charge is -2.07. The van der Waals surface area contributed by atoms with Gasteiger partial charge in [0.1, 0.15) is 0 Å². The number of anilines is 2. The molecule has 2 N–H and O–H groups in total. The molecule has 6 heteroatoms. The molecule has 1 heterocycles. The Labute approximate surface area is 138 Å². The second-order valence-corrected chi connectivity index (χ2v) is 6.43. The molecule has 0 aliphatic rings. The topological polar surface area (TPSA) is 75.3 Å². The van der Waals surface area contributed by atoms with Crippen LogP contribution in [0.15, 0.2) is 36.4 Å². The number of benzene rings is 1. The first-order valence-corrected chi connectivity index (χ1v) is 8.03. The Kier molecular flexibility index (Phi) is 5.65. The lowest BCUT2D eigenvalue weighted by atomic mass is 10.2. The van der Waals surface area contributed by atoms with Crippen molar-refractivity contribution in [2.75, 3.05) is 10.6 Å². The van der Waals surface area contributed by atoms with Crippen LogP contribution in [0.5, 0.6) is 0 Å². The summed E-state index contributed by atoms with van der Waals surface area (Å²) in [6.07, 6.45) is 0.303. The summed E-state index contributed by atoms with van der Waals surface area (Å²) in [6.45, 7) is 3.36. The monoisotopic (exact) mass is 330 g/mol. The summed E-state index contributed by atoms with van der Waals surface area (Å²) in [4.78, 5) is 36.7. The van der Waals surface area contributed by atoms with E-state index in [1.807, 2.05) is 13.0 Å². The van der Waals surface area contributed by atoms with E-state index in [2.05, 4.69) is 10.6 Å². The molecule has 0 spiro atoms. The number of carbonyl (C=O) groups is 3. The number of nitrogens with one attached hydrogen (secondary N) is 2. The summed E-state index contributed by atoms with van der Waals surface area (Å²) in [6, 6.07) is 10.6. The van der Waals surface area contributed by atoms with Gasteiger partial charge in [-0.25, -0.2) is 0 Å². The summed E-state index contributed by atoms with van der Waals surface area (Å²) in [5, 5.41) is 5.38. The van der Waals surface area contributed by atoms with Crippen LogP contribution in [-0.4, -0.2) is 17.6 Å². The van der Waals surface area contributed by atoms with E-state index in [0.29, 0.717) is 16.3 Å². The molecular formula is C17H18N2O3S. The normalized spacial score (nSPS) is 10.2. The molecule has 1 aromatic heterocycles. The molecule has 2 rings (SSSR count). The van der Waals surface area contributed by atoms with Crippen molar-refractivity contribution in [3.63, 3.8) is 0 Å². The number of ketones is 1. The fourth-order valence-corrected chi connectivity index (χ4v) is 2.87. The fraction of sp³-hybridized carbons (Fsp3) is 0.235. The predicted octanol–water partition coefficient (Wildman–Crippen LogP) is 3.62. The van der Waals surface area contributed by atoms with Crippen molar-refractivity contribution >= 4 is 40.3 Å². The highest BCUT2D eigenvalue weighted by atomic mass is 32.1. The van der Waals surface area contributed by atoms with Crippen LogP contribution >= 0.6 is 11.3 Å². The van der Waals surface area contributed by atoms with Crippen molar-refractivity contribution in [1.29, 1.82) is 0 Å². The van der Waals surface area contributed by atoms with Crippen molar-refractivity contribution in [1.82, 2.24) is 0 Å². The van der Waals surface area contributed by atoms with Gasteiger partial charge < -0.3 is 10.6 Å². The average Bonchev–Trinajstić information content (AvgIpc) is 2.91. The van der Waals surface area contributed by atoms with Crippen molar-refractivity contribution < 1.29 is 14.4 Å². The van der Waals surface area contributed by atoms with Gasteiger partial charge in [-0.3, -0.25) is 14.4 Å². The van der Waals surface area contributed by atoms with Crippen molar-refractivity contribution in [2.45, 2.75) is 26.7 Å². The zero-order valence-electron chi connectivity index (χ0n) is 13.0. The van der Waals surface area contributed by atoms with Gasteiger partial charge in [0.15, 0.2) is 5.78 Å². The quantitative estimate of drug-likeness (QED) is 0.794. The molecule has 0 atom stereocenters. The highest BCUT2D eigenvalue weighted by Gasteiger charge is 2.11. The minimum absolute atomic E-state index is 0.0229. The second kappa shape index (κ2) is 7.69. The summed E-state index contributed by atoms with van der Waals surface area (Å²) in [5.41, 5.74) is 1.20.